The minimum atomic E-state index is -0.184. The van der Waals surface area contributed by atoms with Gasteiger partial charge in [-0.25, -0.2) is 0 Å². The molecule has 0 fully saturated rings. The molecule has 2 aromatic carbocycles. The van der Waals surface area contributed by atoms with Gasteiger partial charge in [-0.2, -0.15) is 0 Å². The topological polar surface area (TPSA) is 75.3 Å². The Bertz CT molecular complexity index is 823. The van der Waals surface area contributed by atoms with Crippen LogP contribution in [0.25, 0.3) is 0 Å². The molecule has 0 aromatic heterocycles. The summed E-state index contributed by atoms with van der Waals surface area (Å²) in [5.74, 6) is 3.16. The van der Waals surface area contributed by atoms with E-state index in [2.05, 4.69) is 5.32 Å². The highest BCUT2D eigenvalue weighted by atomic mass is 16.6. The Labute approximate surface area is 170 Å². The first kappa shape index (κ1) is 20.6. The number of rotatable bonds is 10. The molecule has 1 heterocycles. The number of amides is 1. The van der Waals surface area contributed by atoms with Gasteiger partial charge >= 0.3 is 0 Å². The van der Waals surface area contributed by atoms with Crippen LogP contribution in [0.3, 0.4) is 0 Å². The molecular formula is C22H27NO6. The number of hydrogen-bond donors (Lipinski definition) is 1. The summed E-state index contributed by atoms with van der Waals surface area (Å²) in [6.45, 7) is 6.51. The normalized spacial score (nSPS) is 12.2. The van der Waals surface area contributed by atoms with Gasteiger partial charge in [0.2, 0.25) is 0 Å². The van der Waals surface area contributed by atoms with Gasteiger partial charge in [-0.15, -0.1) is 0 Å². The van der Waals surface area contributed by atoms with Crippen LogP contribution >= 0.6 is 0 Å². The van der Waals surface area contributed by atoms with Crippen molar-refractivity contribution in [1.29, 1.82) is 0 Å². The van der Waals surface area contributed by atoms with Crippen molar-refractivity contribution in [1.82, 2.24) is 5.32 Å². The summed E-state index contributed by atoms with van der Waals surface area (Å²) in [5.41, 5.74) is 1.06. The smallest absolute Gasteiger partial charge is 0.257 e. The second-order valence-electron chi connectivity index (χ2n) is 6.34. The van der Waals surface area contributed by atoms with Crippen LogP contribution in [0, 0.1) is 0 Å². The lowest BCUT2D eigenvalue weighted by molar-refractivity contribution is -0.123. The molecular weight excluding hydrogens is 374 g/mol. The summed E-state index contributed by atoms with van der Waals surface area (Å²) in [5, 5.41) is 2.86. The van der Waals surface area contributed by atoms with E-state index in [-0.39, 0.29) is 12.5 Å². The molecule has 0 aliphatic carbocycles. The fourth-order valence-corrected chi connectivity index (χ4v) is 2.91. The highest BCUT2D eigenvalue weighted by Gasteiger charge is 2.13. The Kier molecular flexibility index (Phi) is 7.44. The summed E-state index contributed by atoms with van der Waals surface area (Å²) in [7, 11) is 0. The van der Waals surface area contributed by atoms with E-state index in [1.807, 2.05) is 32.0 Å². The van der Waals surface area contributed by atoms with Crippen LogP contribution in [0.2, 0.25) is 0 Å². The third-order valence-electron chi connectivity index (χ3n) is 4.23. The average molecular weight is 401 g/mol. The second kappa shape index (κ2) is 10.5. The Morgan fingerprint density at radius 3 is 2.48 bits per heavy atom. The van der Waals surface area contributed by atoms with Crippen molar-refractivity contribution in [3.63, 3.8) is 0 Å². The van der Waals surface area contributed by atoms with E-state index in [1.165, 1.54) is 0 Å². The second-order valence-corrected chi connectivity index (χ2v) is 6.34. The molecule has 0 bridgehead atoms. The number of hydrogen-bond acceptors (Lipinski definition) is 6. The maximum atomic E-state index is 12.1. The van der Waals surface area contributed by atoms with Crippen molar-refractivity contribution < 1.29 is 28.5 Å². The Hall–Kier alpha value is -3.09. The van der Waals surface area contributed by atoms with Crippen molar-refractivity contribution in [3.8, 4) is 28.7 Å². The molecule has 29 heavy (non-hydrogen) atoms. The predicted octanol–water partition coefficient (Wildman–Crippen LogP) is 2.99. The molecule has 7 heteroatoms. The van der Waals surface area contributed by atoms with Gasteiger partial charge in [-0.3, -0.25) is 4.79 Å². The summed E-state index contributed by atoms with van der Waals surface area (Å²) >= 11 is 0. The zero-order valence-corrected chi connectivity index (χ0v) is 16.9. The molecule has 156 valence electrons. The van der Waals surface area contributed by atoms with Crippen LogP contribution in [0.15, 0.2) is 36.4 Å². The largest absolute Gasteiger partial charge is 0.490 e. The monoisotopic (exact) mass is 401 g/mol. The Balaban J connectivity index is 1.44. The van der Waals surface area contributed by atoms with Gasteiger partial charge in [-0.05, 0) is 50.1 Å². The van der Waals surface area contributed by atoms with Crippen molar-refractivity contribution in [2.75, 3.05) is 39.6 Å². The van der Waals surface area contributed by atoms with E-state index in [0.717, 1.165) is 17.1 Å². The summed E-state index contributed by atoms with van der Waals surface area (Å²) in [6.07, 6.45) is 0.683. The Morgan fingerprint density at radius 2 is 1.69 bits per heavy atom. The van der Waals surface area contributed by atoms with E-state index in [4.69, 9.17) is 23.7 Å². The quantitative estimate of drug-likeness (QED) is 0.660. The third kappa shape index (κ3) is 5.94. The fraction of sp³-hybridized carbons (Fsp3) is 0.409. The van der Waals surface area contributed by atoms with Crippen LogP contribution in [-0.2, 0) is 11.2 Å². The van der Waals surface area contributed by atoms with Crippen LogP contribution in [0.1, 0.15) is 19.4 Å². The van der Waals surface area contributed by atoms with Gasteiger partial charge in [-0.1, -0.05) is 6.07 Å². The zero-order chi connectivity index (χ0) is 20.5. The van der Waals surface area contributed by atoms with Crippen molar-refractivity contribution >= 4 is 5.91 Å². The van der Waals surface area contributed by atoms with Gasteiger partial charge in [0.25, 0.3) is 5.91 Å². The van der Waals surface area contributed by atoms with Gasteiger partial charge in [0.05, 0.1) is 13.2 Å². The lowest BCUT2D eigenvalue weighted by Crippen LogP contribution is -2.30. The van der Waals surface area contributed by atoms with E-state index in [0.29, 0.717) is 56.6 Å². The Morgan fingerprint density at radius 1 is 0.931 bits per heavy atom. The minimum Gasteiger partial charge on any atom is -0.490 e. The lowest BCUT2D eigenvalue weighted by atomic mass is 10.1. The van der Waals surface area contributed by atoms with Crippen LogP contribution in [0.5, 0.6) is 28.7 Å². The molecule has 0 atom stereocenters. The number of ether oxygens (including phenoxy) is 5. The zero-order valence-electron chi connectivity index (χ0n) is 16.9. The number of carbonyl (C=O) groups excluding carboxylic acids is 1. The van der Waals surface area contributed by atoms with Crippen LogP contribution in [0.4, 0.5) is 0 Å². The molecule has 7 nitrogen and oxygen atoms in total. The number of carbonyl (C=O) groups is 1. The van der Waals surface area contributed by atoms with E-state index in [1.54, 1.807) is 18.2 Å². The van der Waals surface area contributed by atoms with Crippen molar-refractivity contribution in [3.05, 3.63) is 42.0 Å². The maximum Gasteiger partial charge on any atom is 0.257 e. The first-order valence-corrected chi connectivity index (χ1v) is 9.87. The number of benzene rings is 2. The van der Waals surface area contributed by atoms with Gasteiger partial charge in [0.15, 0.2) is 29.6 Å². The molecule has 1 aliphatic rings. The standard InChI is InChI=1S/C22H27NO6/c1-3-25-18-7-5-16(13-20(18)26-4-2)9-10-23-22(24)15-29-17-6-8-19-21(14-17)28-12-11-27-19/h5-8,13-14H,3-4,9-12,15H2,1-2H3,(H,23,24). The summed E-state index contributed by atoms with van der Waals surface area (Å²) < 4.78 is 27.7. The van der Waals surface area contributed by atoms with Crippen LogP contribution in [-0.4, -0.2) is 45.5 Å². The maximum absolute atomic E-state index is 12.1. The third-order valence-corrected chi connectivity index (χ3v) is 4.23. The van der Waals surface area contributed by atoms with Crippen molar-refractivity contribution in [2.45, 2.75) is 20.3 Å². The molecule has 0 saturated heterocycles. The highest BCUT2D eigenvalue weighted by Crippen LogP contribution is 2.33. The van der Waals surface area contributed by atoms with E-state index < -0.39 is 0 Å². The first-order valence-electron chi connectivity index (χ1n) is 9.87. The fourth-order valence-electron chi connectivity index (χ4n) is 2.91. The molecule has 0 saturated carbocycles. The van der Waals surface area contributed by atoms with Crippen molar-refractivity contribution in [2.24, 2.45) is 0 Å². The molecule has 2 aromatic rings. The summed E-state index contributed by atoms with van der Waals surface area (Å²) in [4.78, 5) is 12.1. The predicted molar refractivity (Wildman–Crippen MR) is 108 cm³/mol. The van der Waals surface area contributed by atoms with E-state index in [9.17, 15) is 4.79 Å². The SMILES string of the molecule is CCOc1ccc(CCNC(=O)COc2ccc3c(c2)OCCO3)cc1OCC. The first-order chi connectivity index (χ1) is 14.2. The molecule has 3 rings (SSSR count). The number of nitrogens with one attached hydrogen (secondary N) is 1. The molecule has 1 amide bonds. The van der Waals surface area contributed by atoms with Gasteiger partial charge in [0.1, 0.15) is 19.0 Å². The molecule has 0 unspecified atom stereocenters. The molecule has 1 N–H and O–H groups in total. The van der Waals surface area contributed by atoms with Gasteiger partial charge < -0.3 is 29.0 Å². The molecule has 1 aliphatic heterocycles. The van der Waals surface area contributed by atoms with E-state index >= 15 is 0 Å². The molecule has 0 spiro atoms. The lowest BCUT2D eigenvalue weighted by Gasteiger charge is -2.18. The number of fused-ring (bicyclic) bond motifs is 1. The summed E-state index contributed by atoms with van der Waals surface area (Å²) in [6, 6.07) is 11.1. The highest BCUT2D eigenvalue weighted by molar-refractivity contribution is 5.77. The minimum absolute atomic E-state index is 0.0624. The van der Waals surface area contributed by atoms with Gasteiger partial charge in [0, 0.05) is 12.6 Å². The van der Waals surface area contributed by atoms with Crippen LogP contribution < -0.4 is 29.0 Å². The average Bonchev–Trinajstić information content (AvgIpc) is 2.74. The molecule has 0 radical (unpaired) electrons.